The van der Waals surface area contributed by atoms with Gasteiger partial charge in [0.05, 0.1) is 11.8 Å². The second kappa shape index (κ2) is 5.79. The molecule has 0 amide bonds. The van der Waals surface area contributed by atoms with Gasteiger partial charge in [-0.05, 0) is 39.5 Å². The first kappa shape index (κ1) is 17.5. The molecular weight excluding hydrogens is 414 g/mol. The Balaban J connectivity index is 1.93. The van der Waals surface area contributed by atoms with E-state index in [1.807, 2.05) is 42.5 Å². The van der Waals surface area contributed by atoms with Crippen LogP contribution in [-0.4, -0.2) is 24.4 Å². The zero-order valence-corrected chi connectivity index (χ0v) is 16.9. The van der Waals surface area contributed by atoms with Crippen LogP contribution in [-0.2, 0) is 21.9 Å². The predicted molar refractivity (Wildman–Crippen MR) is 106 cm³/mol. The molecule has 0 saturated carbocycles. The van der Waals surface area contributed by atoms with Crippen molar-refractivity contribution in [1.82, 2.24) is 3.97 Å². The van der Waals surface area contributed by atoms with Crippen molar-refractivity contribution in [2.75, 3.05) is 6.26 Å². The minimum absolute atomic E-state index is 0.145. The summed E-state index contributed by atoms with van der Waals surface area (Å²) in [5, 5.41) is 0.892. The van der Waals surface area contributed by atoms with Crippen molar-refractivity contribution in [2.45, 2.75) is 25.2 Å². The number of para-hydroxylation sites is 1. The molecule has 0 aliphatic heterocycles. The van der Waals surface area contributed by atoms with E-state index >= 15 is 0 Å². The highest BCUT2D eigenvalue weighted by atomic mass is 79.9. The molecule has 0 spiro atoms. The average molecular weight is 432 g/mol. The van der Waals surface area contributed by atoms with Crippen molar-refractivity contribution >= 4 is 42.6 Å². The van der Waals surface area contributed by atoms with E-state index in [0.29, 0.717) is 23.0 Å². The van der Waals surface area contributed by atoms with Crippen LogP contribution in [0.2, 0.25) is 0 Å². The zero-order valence-electron chi connectivity index (χ0n) is 14.5. The minimum Gasteiger partial charge on any atom is -0.294 e. The number of carbonyl (C=O) groups excluding carboxylic acids is 1. The Morgan fingerprint density at radius 1 is 1.12 bits per heavy atom. The van der Waals surface area contributed by atoms with Crippen molar-refractivity contribution < 1.29 is 13.2 Å². The first-order valence-corrected chi connectivity index (χ1v) is 11.0. The highest BCUT2D eigenvalue weighted by Crippen LogP contribution is 2.44. The molecule has 1 aromatic heterocycles. The predicted octanol–water partition coefficient (Wildman–Crippen LogP) is 4.30. The summed E-state index contributed by atoms with van der Waals surface area (Å²) in [6.45, 7) is 2.08. The third-order valence-corrected chi connectivity index (χ3v) is 7.31. The van der Waals surface area contributed by atoms with Gasteiger partial charge in [0.15, 0.2) is 5.78 Å². The molecule has 1 aliphatic rings. The lowest BCUT2D eigenvalue weighted by Gasteiger charge is -2.24. The molecule has 26 heavy (non-hydrogen) atoms. The Labute approximate surface area is 161 Å². The van der Waals surface area contributed by atoms with E-state index in [0.717, 1.165) is 22.1 Å². The molecule has 4 nitrogen and oxygen atoms in total. The summed E-state index contributed by atoms with van der Waals surface area (Å²) < 4.78 is 26.5. The maximum absolute atomic E-state index is 12.5. The number of hydrogen-bond donors (Lipinski definition) is 0. The third kappa shape index (κ3) is 2.55. The molecule has 0 bridgehead atoms. The fraction of sp³-hybridized carbons (Fsp3) is 0.250. The second-order valence-corrected chi connectivity index (χ2v) is 9.78. The highest BCUT2D eigenvalue weighted by molar-refractivity contribution is 9.10. The van der Waals surface area contributed by atoms with Crippen LogP contribution in [0.25, 0.3) is 10.9 Å². The molecule has 1 aliphatic carbocycles. The number of benzene rings is 2. The molecule has 1 heterocycles. The lowest BCUT2D eigenvalue weighted by Crippen LogP contribution is -2.22. The summed E-state index contributed by atoms with van der Waals surface area (Å²) in [4.78, 5) is 12.5. The van der Waals surface area contributed by atoms with Gasteiger partial charge in [-0.2, -0.15) is 0 Å². The summed E-state index contributed by atoms with van der Waals surface area (Å²) >= 11 is 3.52. The van der Waals surface area contributed by atoms with Crippen LogP contribution in [0.1, 0.15) is 34.8 Å². The van der Waals surface area contributed by atoms with Gasteiger partial charge in [0.25, 0.3) is 0 Å². The number of fused-ring (bicyclic) bond motifs is 2. The van der Waals surface area contributed by atoms with Crippen LogP contribution >= 0.6 is 15.9 Å². The van der Waals surface area contributed by atoms with E-state index in [1.165, 1.54) is 10.2 Å². The van der Waals surface area contributed by atoms with Gasteiger partial charge in [-0.3, -0.25) is 4.79 Å². The zero-order chi connectivity index (χ0) is 18.7. The Kier molecular flexibility index (Phi) is 3.90. The average Bonchev–Trinajstić information content (AvgIpc) is 3.00. The van der Waals surface area contributed by atoms with Crippen LogP contribution in [0, 0.1) is 0 Å². The number of Topliss-reactive ketones (excluding diaryl/α,β-unsaturated/α-hetero) is 1. The standard InChI is InChI=1S/C20H18BrNO3S/c1-20(12-18(23)14-8-3-5-9-16(14)20)11-15-13-7-4-6-10-17(13)22(19(15)21)26(2,24)25/h3-10H,11-12H2,1-2H3/t20-/m0/s1. The topological polar surface area (TPSA) is 56.1 Å². The Hall–Kier alpha value is -1.92. The largest absolute Gasteiger partial charge is 0.294 e. The van der Waals surface area contributed by atoms with Crippen LogP contribution in [0.5, 0.6) is 0 Å². The van der Waals surface area contributed by atoms with Gasteiger partial charge in [-0.25, -0.2) is 12.4 Å². The Morgan fingerprint density at radius 2 is 1.77 bits per heavy atom. The second-order valence-electron chi connectivity index (χ2n) is 7.20. The normalized spacial score (nSPS) is 19.9. The third-order valence-electron chi connectivity index (χ3n) is 5.20. The van der Waals surface area contributed by atoms with Crippen LogP contribution in [0.15, 0.2) is 53.1 Å². The van der Waals surface area contributed by atoms with E-state index in [2.05, 4.69) is 22.9 Å². The van der Waals surface area contributed by atoms with E-state index in [1.54, 1.807) is 6.07 Å². The SMILES string of the molecule is C[C@]1(Cc2c(Br)n(S(C)(=O)=O)c3ccccc23)CC(=O)c2ccccc21. The fourth-order valence-electron chi connectivity index (χ4n) is 4.08. The van der Waals surface area contributed by atoms with Gasteiger partial charge in [0, 0.05) is 22.8 Å². The monoisotopic (exact) mass is 431 g/mol. The Morgan fingerprint density at radius 3 is 2.50 bits per heavy atom. The van der Waals surface area contributed by atoms with Crippen LogP contribution in [0.4, 0.5) is 0 Å². The molecular formula is C20H18BrNO3S. The molecule has 0 N–H and O–H groups in total. The Bertz CT molecular complexity index is 1160. The molecule has 2 aromatic carbocycles. The number of carbonyl (C=O) groups is 1. The van der Waals surface area contributed by atoms with E-state index in [-0.39, 0.29) is 11.2 Å². The number of aromatic nitrogens is 1. The van der Waals surface area contributed by atoms with Gasteiger partial charge in [0.1, 0.15) is 4.60 Å². The van der Waals surface area contributed by atoms with Gasteiger partial charge in [0.2, 0.25) is 10.0 Å². The summed E-state index contributed by atoms with van der Waals surface area (Å²) in [6, 6.07) is 15.2. The molecule has 0 radical (unpaired) electrons. The summed E-state index contributed by atoms with van der Waals surface area (Å²) in [6.07, 6.45) is 2.21. The molecule has 134 valence electrons. The summed E-state index contributed by atoms with van der Waals surface area (Å²) in [7, 11) is -3.46. The summed E-state index contributed by atoms with van der Waals surface area (Å²) in [5.41, 5.74) is 3.02. The lowest BCUT2D eigenvalue weighted by molar-refractivity contribution is 0.0976. The lowest BCUT2D eigenvalue weighted by atomic mass is 9.78. The molecule has 1 atom stereocenters. The first-order chi connectivity index (χ1) is 12.2. The fourth-order valence-corrected chi connectivity index (χ4v) is 6.33. The smallest absolute Gasteiger partial charge is 0.237 e. The van der Waals surface area contributed by atoms with E-state index < -0.39 is 10.0 Å². The van der Waals surface area contributed by atoms with Crippen molar-refractivity contribution in [1.29, 1.82) is 0 Å². The summed E-state index contributed by atoms with van der Waals surface area (Å²) in [5.74, 6) is 0.145. The maximum Gasteiger partial charge on any atom is 0.237 e. The molecule has 0 fully saturated rings. The van der Waals surface area contributed by atoms with Crippen molar-refractivity contribution in [3.8, 4) is 0 Å². The molecule has 6 heteroatoms. The quantitative estimate of drug-likeness (QED) is 0.620. The number of rotatable bonds is 3. The number of hydrogen-bond acceptors (Lipinski definition) is 3. The van der Waals surface area contributed by atoms with Crippen molar-refractivity contribution in [3.05, 3.63) is 69.8 Å². The van der Waals surface area contributed by atoms with Crippen LogP contribution in [0.3, 0.4) is 0 Å². The molecule has 3 aromatic rings. The van der Waals surface area contributed by atoms with Crippen molar-refractivity contribution in [3.63, 3.8) is 0 Å². The highest BCUT2D eigenvalue weighted by Gasteiger charge is 2.40. The van der Waals surface area contributed by atoms with Gasteiger partial charge < -0.3 is 0 Å². The molecule has 0 saturated heterocycles. The minimum atomic E-state index is -3.46. The van der Waals surface area contributed by atoms with Gasteiger partial charge >= 0.3 is 0 Å². The maximum atomic E-state index is 12.5. The van der Waals surface area contributed by atoms with Crippen molar-refractivity contribution in [2.24, 2.45) is 0 Å². The number of halogens is 1. The number of nitrogens with zero attached hydrogens (tertiary/aromatic N) is 1. The van der Waals surface area contributed by atoms with Crippen LogP contribution < -0.4 is 0 Å². The number of ketones is 1. The molecule has 4 rings (SSSR count). The molecule has 0 unspecified atom stereocenters. The van der Waals surface area contributed by atoms with Gasteiger partial charge in [-0.1, -0.05) is 49.4 Å². The van der Waals surface area contributed by atoms with E-state index in [4.69, 9.17) is 0 Å². The first-order valence-electron chi connectivity index (χ1n) is 8.33. The van der Waals surface area contributed by atoms with Gasteiger partial charge in [-0.15, -0.1) is 0 Å². The van der Waals surface area contributed by atoms with E-state index in [9.17, 15) is 13.2 Å².